The Hall–Kier alpha value is -1.04. The van der Waals surface area contributed by atoms with E-state index < -0.39 is 0 Å². The Bertz CT molecular complexity index is 557. The van der Waals surface area contributed by atoms with Gasteiger partial charge in [-0.25, -0.2) is 0 Å². The summed E-state index contributed by atoms with van der Waals surface area (Å²) in [5, 5.41) is 5.55. The summed E-state index contributed by atoms with van der Waals surface area (Å²) in [6.07, 6.45) is 0. The third-order valence-electron chi connectivity index (χ3n) is 2.79. The average Bonchev–Trinajstić information content (AvgIpc) is 2.84. The van der Waals surface area contributed by atoms with Crippen molar-refractivity contribution in [1.82, 2.24) is 0 Å². The van der Waals surface area contributed by atoms with Crippen molar-refractivity contribution in [2.45, 2.75) is 13.5 Å². The van der Waals surface area contributed by atoms with E-state index in [9.17, 15) is 0 Å². The van der Waals surface area contributed by atoms with Gasteiger partial charge in [0.15, 0.2) is 0 Å². The molecule has 3 nitrogen and oxygen atoms in total. The number of ether oxygens (including phenoxy) is 2. The van der Waals surface area contributed by atoms with E-state index in [2.05, 4.69) is 51.7 Å². The fraction of sp³-hybridized carbons (Fsp3) is 0.333. The summed E-state index contributed by atoms with van der Waals surface area (Å²) in [4.78, 5) is 0. The minimum atomic E-state index is 0.554. The van der Waals surface area contributed by atoms with E-state index in [0.717, 1.165) is 21.8 Å². The summed E-state index contributed by atoms with van der Waals surface area (Å²) in [7, 11) is 1.67. The van der Waals surface area contributed by atoms with Crippen LogP contribution in [0.25, 0.3) is 0 Å². The van der Waals surface area contributed by atoms with Gasteiger partial charge in [-0.05, 0) is 57.6 Å². The Kier molecular flexibility index (Phi) is 5.88. The smallest absolute Gasteiger partial charge is 0.142 e. The first-order chi connectivity index (χ1) is 9.69. The highest BCUT2D eigenvalue weighted by Crippen LogP contribution is 2.27. The number of aryl methyl sites for hydroxylation is 1. The zero-order chi connectivity index (χ0) is 14.4. The maximum absolute atomic E-state index is 5.76. The van der Waals surface area contributed by atoms with Crippen LogP contribution >= 0.6 is 27.3 Å². The molecule has 0 fully saturated rings. The van der Waals surface area contributed by atoms with E-state index in [1.54, 1.807) is 18.4 Å². The molecule has 20 heavy (non-hydrogen) atoms. The van der Waals surface area contributed by atoms with Gasteiger partial charge in [0.1, 0.15) is 12.4 Å². The summed E-state index contributed by atoms with van der Waals surface area (Å²) in [6, 6.07) is 8.30. The van der Waals surface area contributed by atoms with Crippen LogP contribution in [-0.2, 0) is 11.3 Å². The molecule has 0 atom stereocenters. The molecule has 0 bridgehead atoms. The number of hydrogen-bond acceptors (Lipinski definition) is 4. The quantitative estimate of drug-likeness (QED) is 0.744. The molecule has 0 amide bonds. The van der Waals surface area contributed by atoms with E-state index in [1.165, 1.54) is 11.1 Å². The molecule has 1 aromatic carbocycles. The molecule has 0 saturated carbocycles. The van der Waals surface area contributed by atoms with E-state index >= 15 is 0 Å². The van der Waals surface area contributed by atoms with Crippen molar-refractivity contribution in [3.8, 4) is 5.75 Å². The molecule has 2 rings (SSSR count). The monoisotopic (exact) mass is 355 g/mol. The van der Waals surface area contributed by atoms with Gasteiger partial charge in [-0.1, -0.05) is 6.07 Å². The highest BCUT2D eigenvalue weighted by atomic mass is 79.9. The van der Waals surface area contributed by atoms with Gasteiger partial charge >= 0.3 is 0 Å². The van der Waals surface area contributed by atoms with Crippen LogP contribution in [0, 0.1) is 6.92 Å². The first-order valence-corrected chi connectivity index (χ1v) is 8.05. The van der Waals surface area contributed by atoms with Crippen LogP contribution in [0.5, 0.6) is 5.75 Å². The second-order valence-electron chi connectivity index (χ2n) is 4.45. The maximum atomic E-state index is 5.76. The number of halogens is 1. The summed E-state index contributed by atoms with van der Waals surface area (Å²) in [5.41, 5.74) is 3.44. The lowest BCUT2D eigenvalue weighted by Gasteiger charge is -2.13. The van der Waals surface area contributed by atoms with Crippen molar-refractivity contribution in [2.24, 2.45) is 0 Å². The van der Waals surface area contributed by atoms with E-state index in [1.807, 2.05) is 6.07 Å². The van der Waals surface area contributed by atoms with E-state index in [0.29, 0.717) is 13.2 Å². The fourth-order valence-corrected chi connectivity index (χ4v) is 2.97. The normalized spacial score (nSPS) is 10.6. The molecule has 1 aromatic heterocycles. The minimum Gasteiger partial charge on any atom is -0.489 e. The van der Waals surface area contributed by atoms with Crippen molar-refractivity contribution >= 4 is 33.0 Å². The zero-order valence-electron chi connectivity index (χ0n) is 11.6. The van der Waals surface area contributed by atoms with Gasteiger partial charge in [0.05, 0.1) is 16.1 Å². The molecular formula is C15H18BrNO2S. The third-order valence-corrected chi connectivity index (χ3v) is 4.34. The standard InChI is InChI=1S/C15H18BrNO2S/c1-11-3-4-13(14(7-11)19-6-5-18-2)17-9-12-8-15(16)20-10-12/h3-4,7-8,10,17H,5-6,9H2,1-2H3. The SMILES string of the molecule is COCCOc1cc(C)ccc1NCc1csc(Br)c1. The first-order valence-electron chi connectivity index (χ1n) is 6.38. The molecule has 0 unspecified atom stereocenters. The molecule has 0 aliphatic heterocycles. The number of hydrogen-bond donors (Lipinski definition) is 1. The topological polar surface area (TPSA) is 30.5 Å². The van der Waals surface area contributed by atoms with Crippen LogP contribution < -0.4 is 10.1 Å². The van der Waals surface area contributed by atoms with E-state index in [-0.39, 0.29) is 0 Å². The first kappa shape index (κ1) is 15.4. The second kappa shape index (κ2) is 7.67. The minimum absolute atomic E-state index is 0.554. The maximum Gasteiger partial charge on any atom is 0.142 e. The third kappa shape index (κ3) is 4.51. The lowest BCUT2D eigenvalue weighted by atomic mass is 10.2. The Morgan fingerprint density at radius 1 is 1.25 bits per heavy atom. The number of thiophene rings is 1. The molecule has 1 N–H and O–H groups in total. The lowest BCUT2D eigenvalue weighted by Crippen LogP contribution is -2.07. The van der Waals surface area contributed by atoms with Gasteiger partial charge in [-0.2, -0.15) is 0 Å². The lowest BCUT2D eigenvalue weighted by molar-refractivity contribution is 0.146. The molecular weight excluding hydrogens is 338 g/mol. The summed E-state index contributed by atoms with van der Waals surface area (Å²) in [6.45, 7) is 3.98. The number of methoxy groups -OCH3 is 1. The zero-order valence-corrected chi connectivity index (χ0v) is 14.0. The molecule has 108 valence electrons. The Morgan fingerprint density at radius 3 is 2.80 bits per heavy atom. The predicted molar refractivity (Wildman–Crippen MR) is 87.9 cm³/mol. The summed E-state index contributed by atoms with van der Waals surface area (Å²) >= 11 is 5.17. The second-order valence-corrected chi connectivity index (χ2v) is 6.74. The Morgan fingerprint density at radius 2 is 2.10 bits per heavy atom. The average molecular weight is 356 g/mol. The van der Waals surface area contributed by atoms with Crippen LogP contribution in [0.3, 0.4) is 0 Å². The summed E-state index contributed by atoms with van der Waals surface area (Å²) in [5.74, 6) is 0.872. The molecule has 2 aromatic rings. The van der Waals surface area contributed by atoms with Gasteiger partial charge < -0.3 is 14.8 Å². The van der Waals surface area contributed by atoms with Gasteiger partial charge in [0.25, 0.3) is 0 Å². The highest BCUT2D eigenvalue weighted by Gasteiger charge is 2.05. The largest absolute Gasteiger partial charge is 0.489 e. The van der Waals surface area contributed by atoms with Crippen LogP contribution in [-0.4, -0.2) is 20.3 Å². The fourth-order valence-electron chi connectivity index (χ4n) is 1.77. The highest BCUT2D eigenvalue weighted by molar-refractivity contribution is 9.11. The summed E-state index contributed by atoms with van der Waals surface area (Å²) < 4.78 is 11.9. The van der Waals surface area contributed by atoms with Gasteiger partial charge in [-0.15, -0.1) is 11.3 Å². The van der Waals surface area contributed by atoms with Gasteiger partial charge in [0.2, 0.25) is 0 Å². The molecule has 0 radical (unpaired) electrons. The van der Waals surface area contributed by atoms with Crippen molar-refractivity contribution < 1.29 is 9.47 Å². The van der Waals surface area contributed by atoms with Crippen LogP contribution in [0.4, 0.5) is 5.69 Å². The Labute approximate surface area is 132 Å². The number of nitrogens with one attached hydrogen (secondary N) is 1. The number of benzene rings is 1. The van der Waals surface area contributed by atoms with Crippen molar-refractivity contribution in [2.75, 3.05) is 25.6 Å². The molecule has 0 aliphatic rings. The number of rotatable bonds is 7. The predicted octanol–water partition coefficient (Wildman–Crippen LogP) is 4.46. The molecule has 5 heteroatoms. The van der Waals surface area contributed by atoms with Gasteiger partial charge in [0, 0.05) is 13.7 Å². The Balaban J connectivity index is 2.01. The van der Waals surface area contributed by atoms with Crippen LogP contribution in [0.2, 0.25) is 0 Å². The molecule has 0 aliphatic carbocycles. The van der Waals surface area contributed by atoms with Crippen LogP contribution in [0.15, 0.2) is 33.4 Å². The van der Waals surface area contributed by atoms with Crippen LogP contribution in [0.1, 0.15) is 11.1 Å². The molecule has 1 heterocycles. The molecule has 0 spiro atoms. The molecule has 0 saturated heterocycles. The van der Waals surface area contributed by atoms with Gasteiger partial charge in [-0.3, -0.25) is 0 Å². The van der Waals surface area contributed by atoms with Crippen molar-refractivity contribution in [3.63, 3.8) is 0 Å². The van der Waals surface area contributed by atoms with Crippen molar-refractivity contribution in [3.05, 3.63) is 44.6 Å². The van der Waals surface area contributed by atoms with Crippen molar-refractivity contribution in [1.29, 1.82) is 0 Å². The number of anilines is 1. The van der Waals surface area contributed by atoms with E-state index in [4.69, 9.17) is 9.47 Å².